The number of aryl methyl sites for hydroxylation is 1. The van der Waals surface area contributed by atoms with Gasteiger partial charge in [0.05, 0.1) is 29.4 Å². The van der Waals surface area contributed by atoms with Crippen LogP contribution < -0.4 is 5.32 Å². The molecule has 0 saturated carbocycles. The summed E-state index contributed by atoms with van der Waals surface area (Å²) in [6.07, 6.45) is 1.87. The summed E-state index contributed by atoms with van der Waals surface area (Å²) in [5.41, 5.74) is 2.26. The van der Waals surface area contributed by atoms with E-state index in [0.29, 0.717) is 22.2 Å². The van der Waals surface area contributed by atoms with Crippen molar-refractivity contribution in [3.05, 3.63) is 52.0 Å². The van der Waals surface area contributed by atoms with Crippen molar-refractivity contribution in [3.8, 4) is 10.7 Å². The Bertz CT molecular complexity index is 919. The molecule has 3 aromatic rings. The molecular formula is C18H17N3O3S2. The highest BCUT2D eigenvalue weighted by atomic mass is 32.1. The summed E-state index contributed by atoms with van der Waals surface area (Å²) in [7, 11) is 0. The molecule has 0 aromatic carbocycles. The fraction of sp³-hybridized carbons (Fsp3) is 0.222. The number of thiazole rings is 1. The summed E-state index contributed by atoms with van der Waals surface area (Å²) in [6, 6.07) is 7.40. The van der Waals surface area contributed by atoms with Gasteiger partial charge >= 0.3 is 5.97 Å². The van der Waals surface area contributed by atoms with Gasteiger partial charge in [0.2, 0.25) is 5.91 Å². The van der Waals surface area contributed by atoms with Crippen LogP contribution in [-0.4, -0.2) is 28.5 Å². The van der Waals surface area contributed by atoms with Gasteiger partial charge in [-0.3, -0.25) is 9.78 Å². The molecule has 3 rings (SSSR count). The summed E-state index contributed by atoms with van der Waals surface area (Å²) in [5.74, 6) is -0.547. The fourth-order valence-corrected chi connectivity index (χ4v) is 4.06. The van der Waals surface area contributed by atoms with Crippen LogP contribution in [0.25, 0.3) is 10.7 Å². The molecule has 1 amide bonds. The Labute approximate surface area is 158 Å². The van der Waals surface area contributed by atoms with Gasteiger partial charge in [-0.2, -0.15) is 0 Å². The van der Waals surface area contributed by atoms with Crippen LogP contribution >= 0.6 is 22.7 Å². The van der Waals surface area contributed by atoms with Gasteiger partial charge in [0, 0.05) is 11.6 Å². The standard InChI is InChI=1S/C18H17N3O3S2/c1-3-24-18(23)16-11(2)8-15(26-16)21-14(22)9-12-10-25-17(20-12)13-6-4-5-7-19-13/h4-8,10H,3,9H2,1-2H3,(H,21,22). The first-order valence-electron chi connectivity index (χ1n) is 8.00. The number of hydrogen-bond donors (Lipinski definition) is 1. The molecule has 0 aliphatic heterocycles. The molecule has 0 saturated heterocycles. The summed E-state index contributed by atoms with van der Waals surface area (Å²) in [4.78, 5) is 33.4. The molecule has 0 atom stereocenters. The van der Waals surface area contributed by atoms with E-state index in [2.05, 4.69) is 15.3 Å². The van der Waals surface area contributed by atoms with Crippen LogP contribution in [0, 0.1) is 6.92 Å². The van der Waals surface area contributed by atoms with E-state index in [9.17, 15) is 9.59 Å². The molecule has 134 valence electrons. The largest absolute Gasteiger partial charge is 0.462 e. The maximum absolute atomic E-state index is 12.3. The molecule has 0 unspecified atom stereocenters. The third-order valence-electron chi connectivity index (χ3n) is 3.42. The highest BCUT2D eigenvalue weighted by Gasteiger charge is 2.16. The second-order valence-corrected chi connectivity index (χ2v) is 7.34. The van der Waals surface area contributed by atoms with Gasteiger partial charge in [-0.1, -0.05) is 6.07 Å². The van der Waals surface area contributed by atoms with Crippen molar-refractivity contribution in [1.29, 1.82) is 0 Å². The van der Waals surface area contributed by atoms with Gasteiger partial charge < -0.3 is 10.1 Å². The minimum atomic E-state index is -0.366. The maximum Gasteiger partial charge on any atom is 0.348 e. The Kier molecular flexibility index (Phi) is 5.75. The zero-order valence-electron chi connectivity index (χ0n) is 14.3. The number of hydrogen-bond acceptors (Lipinski definition) is 7. The quantitative estimate of drug-likeness (QED) is 0.648. The SMILES string of the molecule is CCOC(=O)c1sc(NC(=O)Cc2csc(-c3ccccn3)n2)cc1C. The van der Waals surface area contributed by atoms with Crippen LogP contribution in [0.2, 0.25) is 0 Å². The topological polar surface area (TPSA) is 81.2 Å². The molecule has 1 N–H and O–H groups in total. The van der Waals surface area contributed by atoms with Crippen LogP contribution in [0.3, 0.4) is 0 Å². The number of esters is 1. The number of carbonyl (C=O) groups excluding carboxylic acids is 2. The number of pyridine rings is 1. The van der Waals surface area contributed by atoms with Crippen molar-refractivity contribution in [1.82, 2.24) is 9.97 Å². The van der Waals surface area contributed by atoms with Gasteiger partial charge in [-0.25, -0.2) is 9.78 Å². The van der Waals surface area contributed by atoms with E-state index >= 15 is 0 Å². The number of rotatable bonds is 6. The Morgan fingerprint density at radius 3 is 2.88 bits per heavy atom. The zero-order chi connectivity index (χ0) is 18.5. The van der Waals surface area contributed by atoms with E-state index in [0.717, 1.165) is 16.3 Å². The average Bonchev–Trinajstić information content (AvgIpc) is 3.22. The summed E-state index contributed by atoms with van der Waals surface area (Å²) < 4.78 is 5.01. The number of ether oxygens (including phenoxy) is 1. The second-order valence-electron chi connectivity index (χ2n) is 5.43. The average molecular weight is 387 g/mol. The lowest BCUT2D eigenvalue weighted by molar-refractivity contribution is -0.115. The van der Waals surface area contributed by atoms with Crippen LogP contribution in [0.15, 0.2) is 35.8 Å². The Balaban J connectivity index is 1.64. The molecule has 0 bridgehead atoms. The zero-order valence-corrected chi connectivity index (χ0v) is 15.9. The minimum absolute atomic E-state index is 0.162. The third-order valence-corrected chi connectivity index (χ3v) is 5.46. The Morgan fingerprint density at radius 1 is 1.31 bits per heavy atom. The highest BCUT2D eigenvalue weighted by molar-refractivity contribution is 7.18. The van der Waals surface area contributed by atoms with E-state index in [1.54, 1.807) is 19.2 Å². The Hall–Kier alpha value is -2.58. The lowest BCUT2D eigenvalue weighted by Crippen LogP contribution is -2.13. The van der Waals surface area contributed by atoms with Gasteiger partial charge in [0.1, 0.15) is 9.88 Å². The minimum Gasteiger partial charge on any atom is -0.462 e. The Morgan fingerprint density at radius 2 is 2.15 bits per heavy atom. The third kappa shape index (κ3) is 4.33. The van der Waals surface area contributed by atoms with Gasteiger partial charge in [0.25, 0.3) is 0 Å². The lowest BCUT2D eigenvalue weighted by Gasteiger charge is -2.00. The number of carbonyl (C=O) groups is 2. The molecule has 0 spiro atoms. The molecular weight excluding hydrogens is 370 g/mol. The molecule has 3 aromatic heterocycles. The molecule has 26 heavy (non-hydrogen) atoms. The van der Waals surface area contributed by atoms with Crippen LogP contribution in [0.5, 0.6) is 0 Å². The monoisotopic (exact) mass is 387 g/mol. The second kappa shape index (κ2) is 8.20. The van der Waals surface area contributed by atoms with Crippen LogP contribution in [-0.2, 0) is 16.0 Å². The predicted molar refractivity (Wildman–Crippen MR) is 103 cm³/mol. The van der Waals surface area contributed by atoms with E-state index in [-0.39, 0.29) is 18.3 Å². The number of amides is 1. The normalized spacial score (nSPS) is 10.5. The summed E-state index contributed by atoms with van der Waals surface area (Å²) >= 11 is 2.67. The molecule has 6 nitrogen and oxygen atoms in total. The first-order chi connectivity index (χ1) is 12.6. The van der Waals surface area contributed by atoms with Crippen molar-refractivity contribution in [3.63, 3.8) is 0 Å². The number of nitrogens with one attached hydrogen (secondary N) is 1. The van der Waals surface area contributed by atoms with Crippen molar-refractivity contribution in [2.24, 2.45) is 0 Å². The number of anilines is 1. The summed E-state index contributed by atoms with van der Waals surface area (Å²) in [5, 5.41) is 6.08. The number of thiophene rings is 1. The summed E-state index contributed by atoms with van der Waals surface area (Å²) in [6.45, 7) is 3.90. The van der Waals surface area contributed by atoms with Crippen LogP contribution in [0.4, 0.5) is 5.00 Å². The maximum atomic E-state index is 12.3. The van der Waals surface area contributed by atoms with Gasteiger partial charge in [-0.05, 0) is 37.6 Å². The molecule has 0 fully saturated rings. The van der Waals surface area contributed by atoms with Crippen molar-refractivity contribution in [2.45, 2.75) is 20.3 Å². The molecule has 0 aliphatic rings. The number of aromatic nitrogens is 2. The van der Waals surface area contributed by atoms with E-state index < -0.39 is 0 Å². The van der Waals surface area contributed by atoms with E-state index in [1.807, 2.05) is 30.5 Å². The van der Waals surface area contributed by atoms with Gasteiger partial charge in [0.15, 0.2) is 0 Å². The van der Waals surface area contributed by atoms with E-state index in [4.69, 9.17) is 4.74 Å². The predicted octanol–water partition coefficient (Wildman–Crippen LogP) is 3.93. The molecule has 8 heteroatoms. The van der Waals surface area contributed by atoms with Crippen molar-refractivity contribution < 1.29 is 14.3 Å². The van der Waals surface area contributed by atoms with E-state index in [1.165, 1.54) is 22.7 Å². The first-order valence-corrected chi connectivity index (χ1v) is 9.69. The molecule has 3 heterocycles. The van der Waals surface area contributed by atoms with Gasteiger partial charge in [-0.15, -0.1) is 22.7 Å². The number of nitrogens with zero attached hydrogens (tertiary/aromatic N) is 2. The lowest BCUT2D eigenvalue weighted by atomic mass is 10.3. The molecule has 0 radical (unpaired) electrons. The van der Waals surface area contributed by atoms with Crippen molar-refractivity contribution in [2.75, 3.05) is 11.9 Å². The van der Waals surface area contributed by atoms with Crippen LogP contribution in [0.1, 0.15) is 27.9 Å². The molecule has 0 aliphatic carbocycles. The fourth-order valence-electron chi connectivity index (χ4n) is 2.28. The highest BCUT2D eigenvalue weighted by Crippen LogP contribution is 2.28. The van der Waals surface area contributed by atoms with Crippen molar-refractivity contribution >= 4 is 39.6 Å². The smallest absolute Gasteiger partial charge is 0.348 e. The first kappa shape index (κ1) is 18.2.